The molecule has 0 aliphatic carbocycles. The van der Waals surface area contributed by atoms with Gasteiger partial charge in [0, 0.05) is 12.2 Å². The smallest absolute Gasteiger partial charge is 0.266 e. The summed E-state index contributed by atoms with van der Waals surface area (Å²) < 4.78 is 15.0. The van der Waals surface area contributed by atoms with E-state index in [1.54, 1.807) is 35.2 Å². The molecule has 0 radical (unpaired) electrons. The second-order valence-corrected chi connectivity index (χ2v) is 8.97. The van der Waals surface area contributed by atoms with Crippen LogP contribution in [0.15, 0.2) is 82.7 Å². The van der Waals surface area contributed by atoms with Crippen LogP contribution in [0, 0.1) is 5.82 Å². The SMILES string of the molecule is CC(Sc1nc2ccccc2c(=O)n1-c1ccc(F)cc1)C(=O)N1CCc2ccccc21. The first kappa shape index (κ1) is 20.5. The lowest BCUT2D eigenvalue weighted by Gasteiger charge is -2.22. The number of para-hydroxylation sites is 2. The number of carbonyl (C=O) groups excluding carboxylic acids is 1. The van der Waals surface area contributed by atoms with Crippen LogP contribution in [0.1, 0.15) is 12.5 Å². The summed E-state index contributed by atoms with van der Waals surface area (Å²) in [7, 11) is 0. The third-order valence-corrected chi connectivity index (χ3v) is 6.65. The Labute approximate surface area is 188 Å². The summed E-state index contributed by atoms with van der Waals surface area (Å²) >= 11 is 1.23. The minimum absolute atomic E-state index is 0.0342. The van der Waals surface area contributed by atoms with Gasteiger partial charge in [0.1, 0.15) is 5.82 Å². The van der Waals surface area contributed by atoms with Crippen LogP contribution < -0.4 is 10.5 Å². The van der Waals surface area contributed by atoms with E-state index in [2.05, 4.69) is 4.98 Å². The Balaban J connectivity index is 1.55. The fraction of sp³-hybridized carbons (Fsp3) is 0.160. The van der Waals surface area contributed by atoms with Crippen LogP contribution in [0.4, 0.5) is 10.1 Å². The Morgan fingerprint density at radius 3 is 2.56 bits per heavy atom. The van der Waals surface area contributed by atoms with Gasteiger partial charge in [-0.05, 0) is 61.4 Å². The highest BCUT2D eigenvalue weighted by Crippen LogP contribution is 2.32. The molecule has 32 heavy (non-hydrogen) atoms. The summed E-state index contributed by atoms with van der Waals surface area (Å²) in [5.74, 6) is -0.422. The van der Waals surface area contributed by atoms with Crippen LogP contribution in [0.25, 0.3) is 16.6 Å². The third kappa shape index (κ3) is 3.58. The highest BCUT2D eigenvalue weighted by atomic mass is 32.2. The Kier molecular flexibility index (Phi) is 5.27. The van der Waals surface area contributed by atoms with E-state index in [0.717, 1.165) is 17.7 Å². The Morgan fingerprint density at radius 2 is 1.75 bits per heavy atom. The molecule has 4 aromatic rings. The molecule has 1 unspecified atom stereocenters. The van der Waals surface area contributed by atoms with Crippen molar-refractivity contribution in [3.05, 3.63) is 94.5 Å². The third-order valence-electron chi connectivity index (χ3n) is 5.61. The van der Waals surface area contributed by atoms with Crippen LogP contribution in [-0.2, 0) is 11.2 Å². The van der Waals surface area contributed by atoms with Crippen molar-refractivity contribution in [2.45, 2.75) is 23.8 Å². The average Bonchev–Trinajstić information content (AvgIpc) is 3.24. The maximum absolute atomic E-state index is 13.5. The Bertz CT molecular complexity index is 1380. The number of halogens is 1. The summed E-state index contributed by atoms with van der Waals surface area (Å²) in [6.07, 6.45) is 0.827. The molecule has 0 spiro atoms. The second kappa shape index (κ2) is 8.24. The number of hydrogen-bond acceptors (Lipinski definition) is 4. The van der Waals surface area contributed by atoms with E-state index in [-0.39, 0.29) is 17.3 Å². The number of anilines is 1. The van der Waals surface area contributed by atoms with Gasteiger partial charge in [0.2, 0.25) is 5.91 Å². The summed E-state index contributed by atoms with van der Waals surface area (Å²) in [5.41, 5.74) is 2.90. The molecular weight excluding hydrogens is 425 g/mol. The molecule has 160 valence electrons. The zero-order valence-corrected chi connectivity index (χ0v) is 18.2. The Morgan fingerprint density at radius 1 is 1.03 bits per heavy atom. The molecule has 1 aliphatic rings. The zero-order chi connectivity index (χ0) is 22.2. The van der Waals surface area contributed by atoms with Crippen molar-refractivity contribution in [2.24, 2.45) is 0 Å². The molecule has 0 saturated carbocycles. The van der Waals surface area contributed by atoms with Gasteiger partial charge in [-0.1, -0.05) is 42.1 Å². The van der Waals surface area contributed by atoms with E-state index < -0.39 is 5.25 Å². The number of hydrogen-bond donors (Lipinski definition) is 0. The monoisotopic (exact) mass is 445 g/mol. The lowest BCUT2D eigenvalue weighted by atomic mass is 10.2. The maximum atomic E-state index is 13.5. The molecule has 1 aromatic heterocycles. The molecule has 1 atom stereocenters. The van der Waals surface area contributed by atoms with Crippen molar-refractivity contribution in [3.63, 3.8) is 0 Å². The molecule has 0 fully saturated rings. The van der Waals surface area contributed by atoms with E-state index in [1.165, 1.54) is 28.5 Å². The first-order valence-corrected chi connectivity index (χ1v) is 11.2. The minimum atomic E-state index is -0.471. The fourth-order valence-electron chi connectivity index (χ4n) is 4.00. The molecule has 1 amide bonds. The van der Waals surface area contributed by atoms with Crippen LogP contribution in [0.2, 0.25) is 0 Å². The van der Waals surface area contributed by atoms with Crippen LogP contribution in [-0.4, -0.2) is 27.3 Å². The maximum Gasteiger partial charge on any atom is 0.266 e. The van der Waals surface area contributed by atoms with Gasteiger partial charge in [-0.25, -0.2) is 9.37 Å². The predicted molar refractivity (Wildman–Crippen MR) is 125 cm³/mol. The molecule has 7 heteroatoms. The first-order chi connectivity index (χ1) is 15.5. The van der Waals surface area contributed by atoms with Crippen LogP contribution >= 0.6 is 11.8 Å². The van der Waals surface area contributed by atoms with Crippen molar-refractivity contribution in [3.8, 4) is 5.69 Å². The number of aromatic nitrogens is 2. The highest BCUT2D eigenvalue weighted by Gasteiger charge is 2.29. The number of rotatable bonds is 4. The van der Waals surface area contributed by atoms with Crippen molar-refractivity contribution in [1.29, 1.82) is 0 Å². The minimum Gasteiger partial charge on any atom is -0.311 e. The van der Waals surface area contributed by atoms with Crippen molar-refractivity contribution in [1.82, 2.24) is 9.55 Å². The number of carbonyl (C=O) groups is 1. The normalized spacial score (nSPS) is 13.9. The van der Waals surface area contributed by atoms with E-state index in [4.69, 9.17) is 0 Å². The number of amides is 1. The molecule has 5 nitrogen and oxygen atoms in total. The molecule has 2 heterocycles. The predicted octanol–water partition coefficient (Wildman–Crippen LogP) is 4.59. The van der Waals surface area contributed by atoms with Gasteiger partial charge in [-0.2, -0.15) is 0 Å². The lowest BCUT2D eigenvalue weighted by Crippen LogP contribution is -2.35. The fourth-order valence-corrected chi connectivity index (χ4v) is 4.99. The van der Waals surface area contributed by atoms with Crippen molar-refractivity contribution in [2.75, 3.05) is 11.4 Å². The molecular formula is C25H20FN3O2S. The number of fused-ring (bicyclic) bond motifs is 2. The van der Waals surface area contributed by atoms with E-state index in [1.807, 2.05) is 37.3 Å². The quantitative estimate of drug-likeness (QED) is 0.340. The largest absolute Gasteiger partial charge is 0.311 e. The van der Waals surface area contributed by atoms with Gasteiger partial charge in [0.05, 0.1) is 21.8 Å². The van der Waals surface area contributed by atoms with Crippen molar-refractivity contribution >= 4 is 34.3 Å². The second-order valence-electron chi connectivity index (χ2n) is 7.66. The Hall–Kier alpha value is -3.45. The zero-order valence-electron chi connectivity index (χ0n) is 17.4. The van der Waals surface area contributed by atoms with E-state index in [9.17, 15) is 14.0 Å². The number of nitrogens with zero attached hydrogens (tertiary/aromatic N) is 3. The van der Waals surface area contributed by atoms with Gasteiger partial charge < -0.3 is 4.90 Å². The topological polar surface area (TPSA) is 55.2 Å². The van der Waals surface area contributed by atoms with E-state index >= 15 is 0 Å². The molecule has 0 bridgehead atoms. The molecule has 0 saturated heterocycles. The summed E-state index contributed by atoms with van der Waals surface area (Å²) in [6, 6.07) is 20.7. The molecule has 3 aromatic carbocycles. The standard InChI is InChI=1S/C25H20FN3O2S/c1-16(23(30)28-15-14-17-6-2-5-9-22(17)28)32-25-27-21-8-4-3-7-20(21)24(31)29(25)19-12-10-18(26)11-13-19/h2-13,16H,14-15H2,1H3. The summed E-state index contributed by atoms with van der Waals surface area (Å²) in [4.78, 5) is 33.1. The lowest BCUT2D eigenvalue weighted by molar-refractivity contribution is -0.117. The first-order valence-electron chi connectivity index (χ1n) is 10.4. The van der Waals surface area contributed by atoms with Crippen LogP contribution in [0.3, 0.4) is 0 Å². The van der Waals surface area contributed by atoms with Gasteiger partial charge >= 0.3 is 0 Å². The summed E-state index contributed by atoms with van der Waals surface area (Å²) in [5, 5.41) is 0.392. The van der Waals surface area contributed by atoms with E-state index in [0.29, 0.717) is 28.3 Å². The van der Waals surface area contributed by atoms with Gasteiger partial charge in [-0.15, -0.1) is 0 Å². The molecule has 0 N–H and O–H groups in total. The van der Waals surface area contributed by atoms with Crippen molar-refractivity contribution < 1.29 is 9.18 Å². The van der Waals surface area contributed by atoms with Gasteiger partial charge in [0.15, 0.2) is 5.16 Å². The molecule has 1 aliphatic heterocycles. The van der Waals surface area contributed by atoms with Gasteiger partial charge in [-0.3, -0.25) is 14.2 Å². The highest BCUT2D eigenvalue weighted by molar-refractivity contribution is 8.00. The summed E-state index contributed by atoms with van der Waals surface area (Å²) in [6.45, 7) is 2.46. The average molecular weight is 446 g/mol. The number of thioether (sulfide) groups is 1. The molecule has 5 rings (SSSR count). The van der Waals surface area contributed by atoms with Crippen LogP contribution in [0.5, 0.6) is 0 Å². The van der Waals surface area contributed by atoms with Gasteiger partial charge in [0.25, 0.3) is 5.56 Å². The number of benzene rings is 3.